The number of aryl methyl sites for hydroxylation is 1. The third-order valence-corrected chi connectivity index (χ3v) is 4.12. The normalized spacial score (nSPS) is 10.3. The number of anilines is 1. The van der Waals surface area contributed by atoms with E-state index in [1.165, 1.54) is 5.56 Å². The summed E-state index contributed by atoms with van der Waals surface area (Å²) in [4.78, 5) is 12.1. The Hall–Kier alpha value is -1.40. The lowest BCUT2D eigenvalue weighted by Crippen LogP contribution is -2.12. The second-order valence-electron chi connectivity index (χ2n) is 4.55. The second kappa shape index (κ2) is 6.85. The molecular formula is C16H16INO2. The topological polar surface area (TPSA) is 38.3 Å². The Bertz CT molecular complexity index is 608. The molecule has 104 valence electrons. The van der Waals surface area contributed by atoms with E-state index in [4.69, 9.17) is 4.74 Å². The van der Waals surface area contributed by atoms with Gasteiger partial charge in [0.1, 0.15) is 0 Å². The van der Waals surface area contributed by atoms with Crippen LogP contribution >= 0.6 is 22.6 Å². The fourth-order valence-corrected chi connectivity index (χ4v) is 2.31. The first-order valence-electron chi connectivity index (χ1n) is 6.25. The molecule has 0 atom stereocenters. The van der Waals surface area contributed by atoms with Crippen LogP contribution in [-0.4, -0.2) is 13.0 Å². The summed E-state index contributed by atoms with van der Waals surface area (Å²) in [5, 5.41) is 2.90. The van der Waals surface area contributed by atoms with Gasteiger partial charge in [-0.15, -0.1) is 0 Å². The molecule has 1 amide bonds. The average molecular weight is 381 g/mol. The third kappa shape index (κ3) is 3.80. The van der Waals surface area contributed by atoms with Crippen molar-refractivity contribution in [2.45, 2.75) is 13.5 Å². The number of amides is 1. The van der Waals surface area contributed by atoms with Gasteiger partial charge in [-0.05, 0) is 64.9 Å². The van der Waals surface area contributed by atoms with Crippen LogP contribution in [0.25, 0.3) is 0 Å². The van der Waals surface area contributed by atoms with Crippen molar-refractivity contribution in [3.63, 3.8) is 0 Å². The van der Waals surface area contributed by atoms with Crippen molar-refractivity contribution in [2.24, 2.45) is 0 Å². The highest BCUT2D eigenvalue weighted by molar-refractivity contribution is 14.1. The summed E-state index contributed by atoms with van der Waals surface area (Å²) in [6, 6.07) is 13.3. The van der Waals surface area contributed by atoms with Crippen LogP contribution in [0.4, 0.5) is 5.69 Å². The molecule has 0 spiro atoms. The van der Waals surface area contributed by atoms with Crippen LogP contribution in [0.15, 0.2) is 42.5 Å². The Morgan fingerprint density at radius 2 is 1.90 bits per heavy atom. The highest BCUT2D eigenvalue weighted by Gasteiger charge is 2.06. The summed E-state index contributed by atoms with van der Waals surface area (Å²) in [7, 11) is 1.65. The van der Waals surface area contributed by atoms with Crippen molar-refractivity contribution in [3.8, 4) is 0 Å². The van der Waals surface area contributed by atoms with Crippen molar-refractivity contribution >= 4 is 34.2 Å². The first-order chi connectivity index (χ1) is 9.60. The van der Waals surface area contributed by atoms with Crippen molar-refractivity contribution in [1.82, 2.24) is 0 Å². The van der Waals surface area contributed by atoms with Crippen LogP contribution < -0.4 is 5.32 Å². The van der Waals surface area contributed by atoms with E-state index >= 15 is 0 Å². The number of nitrogens with one attached hydrogen (secondary N) is 1. The average Bonchev–Trinajstić information content (AvgIpc) is 2.44. The number of benzene rings is 2. The van der Waals surface area contributed by atoms with Crippen LogP contribution in [-0.2, 0) is 11.3 Å². The minimum atomic E-state index is -0.103. The van der Waals surface area contributed by atoms with E-state index < -0.39 is 0 Å². The fraction of sp³-hybridized carbons (Fsp3) is 0.188. The molecule has 0 saturated carbocycles. The van der Waals surface area contributed by atoms with Crippen molar-refractivity contribution < 1.29 is 9.53 Å². The van der Waals surface area contributed by atoms with E-state index in [2.05, 4.69) is 27.9 Å². The number of rotatable bonds is 4. The van der Waals surface area contributed by atoms with Crippen LogP contribution in [0.2, 0.25) is 0 Å². The Morgan fingerprint density at radius 3 is 2.50 bits per heavy atom. The van der Waals surface area contributed by atoms with E-state index in [9.17, 15) is 4.79 Å². The molecule has 0 aliphatic rings. The van der Waals surface area contributed by atoms with Gasteiger partial charge in [0.2, 0.25) is 0 Å². The maximum Gasteiger partial charge on any atom is 0.255 e. The number of hydrogen-bond donors (Lipinski definition) is 1. The Kier molecular flexibility index (Phi) is 5.14. The van der Waals surface area contributed by atoms with Crippen molar-refractivity contribution in [3.05, 3.63) is 62.7 Å². The molecule has 0 saturated heterocycles. The molecule has 0 aliphatic carbocycles. The van der Waals surface area contributed by atoms with Crippen LogP contribution in [0.5, 0.6) is 0 Å². The molecule has 0 radical (unpaired) electrons. The number of hydrogen-bond acceptors (Lipinski definition) is 2. The van der Waals surface area contributed by atoms with Gasteiger partial charge in [-0.1, -0.05) is 18.2 Å². The van der Waals surface area contributed by atoms with Crippen molar-refractivity contribution in [1.29, 1.82) is 0 Å². The zero-order valence-electron chi connectivity index (χ0n) is 11.4. The number of ether oxygens (including phenoxy) is 1. The fourth-order valence-electron chi connectivity index (χ4n) is 1.79. The first-order valence-corrected chi connectivity index (χ1v) is 7.33. The zero-order valence-corrected chi connectivity index (χ0v) is 13.6. The molecule has 1 N–H and O–H groups in total. The predicted octanol–water partition coefficient (Wildman–Crippen LogP) is 4.00. The lowest BCUT2D eigenvalue weighted by molar-refractivity contribution is 0.102. The Morgan fingerprint density at radius 1 is 1.20 bits per heavy atom. The van der Waals surface area contributed by atoms with Gasteiger partial charge >= 0.3 is 0 Å². The smallest absolute Gasteiger partial charge is 0.255 e. The summed E-state index contributed by atoms with van der Waals surface area (Å²) < 4.78 is 6.18. The minimum absolute atomic E-state index is 0.103. The quantitative estimate of drug-likeness (QED) is 0.814. The molecule has 0 aliphatic heterocycles. The summed E-state index contributed by atoms with van der Waals surface area (Å²) in [6.07, 6.45) is 0. The molecular weight excluding hydrogens is 365 g/mol. The number of carbonyl (C=O) groups is 1. The number of methoxy groups -OCH3 is 1. The second-order valence-corrected chi connectivity index (χ2v) is 5.71. The molecule has 2 rings (SSSR count). The monoisotopic (exact) mass is 381 g/mol. The SMILES string of the molecule is COCc1ccc(C(=O)Nc2ccc(C)c(I)c2)cc1. The molecule has 3 nitrogen and oxygen atoms in total. The van der Waals surface area contributed by atoms with Crippen LogP contribution in [0.3, 0.4) is 0 Å². The van der Waals surface area contributed by atoms with Gasteiger partial charge in [-0.3, -0.25) is 4.79 Å². The first kappa shape index (κ1) is 15.0. The van der Waals surface area contributed by atoms with Gasteiger partial charge in [0.15, 0.2) is 0 Å². The number of carbonyl (C=O) groups excluding carboxylic acids is 1. The van der Waals surface area contributed by atoms with E-state index in [0.29, 0.717) is 12.2 Å². The lowest BCUT2D eigenvalue weighted by Gasteiger charge is -2.07. The summed E-state index contributed by atoms with van der Waals surface area (Å²) in [6.45, 7) is 2.60. The van der Waals surface area contributed by atoms with E-state index in [-0.39, 0.29) is 5.91 Å². The molecule has 0 heterocycles. The summed E-state index contributed by atoms with van der Waals surface area (Å²) >= 11 is 2.26. The van der Waals surface area contributed by atoms with Gasteiger partial charge < -0.3 is 10.1 Å². The molecule has 0 fully saturated rings. The predicted molar refractivity (Wildman–Crippen MR) is 89.0 cm³/mol. The van der Waals surface area contributed by atoms with Gasteiger partial charge in [-0.25, -0.2) is 0 Å². The lowest BCUT2D eigenvalue weighted by atomic mass is 10.1. The Labute approximate surface area is 132 Å². The largest absolute Gasteiger partial charge is 0.380 e. The number of halogens is 1. The maximum absolute atomic E-state index is 12.1. The third-order valence-electron chi connectivity index (χ3n) is 2.96. The van der Waals surface area contributed by atoms with Gasteiger partial charge in [0.25, 0.3) is 5.91 Å². The van der Waals surface area contributed by atoms with Gasteiger partial charge in [0.05, 0.1) is 6.61 Å². The molecule has 0 aromatic heterocycles. The minimum Gasteiger partial charge on any atom is -0.380 e. The summed E-state index contributed by atoms with van der Waals surface area (Å²) in [5.74, 6) is -0.103. The van der Waals surface area contributed by atoms with Gasteiger partial charge in [-0.2, -0.15) is 0 Å². The summed E-state index contributed by atoms with van der Waals surface area (Å²) in [5.41, 5.74) is 3.70. The standard InChI is InChI=1S/C16H16INO2/c1-11-3-8-14(9-15(11)17)18-16(19)13-6-4-12(5-7-13)10-20-2/h3-9H,10H2,1-2H3,(H,18,19). The van der Waals surface area contributed by atoms with Crippen LogP contribution in [0.1, 0.15) is 21.5 Å². The Balaban J connectivity index is 2.09. The van der Waals surface area contributed by atoms with E-state index in [1.54, 1.807) is 7.11 Å². The molecule has 20 heavy (non-hydrogen) atoms. The highest BCUT2D eigenvalue weighted by Crippen LogP contribution is 2.18. The highest BCUT2D eigenvalue weighted by atomic mass is 127. The molecule has 2 aromatic carbocycles. The molecule has 2 aromatic rings. The zero-order chi connectivity index (χ0) is 14.5. The van der Waals surface area contributed by atoms with Crippen molar-refractivity contribution in [2.75, 3.05) is 12.4 Å². The molecule has 0 unspecified atom stereocenters. The maximum atomic E-state index is 12.1. The van der Waals surface area contributed by atoms with Crippen LogP contribution in [0, 0.1) is 10.5 Å². The van der Waals surface area contributed by atoms with Gasteiger partial charge in [0, 0.05) is 21.9 Å². The van der Waals surface area contributed by atoms with E-state index in [1.807, 2.05) is 49.4 Å². The van der Waals surface area contributed by atoms with E-state index in [0.717, 1.165) is 14.8 Å². The molecule has 0 bridgehead atoms. The molecule has 4 heteroatoms.